The van der Waals surface area contributed by atoms with Crippen LogP contribution in [0.25, 0.3) is 0 Å². The predicted molar refractivity (Wildman–Crippen MR) is 115 cm³/mol. The Bertz CT molecular complexity index is 677. The first-order chi connectivity index (χ1) is 12.5. The number of benzene rings is 1. The summed E-state index contributed by atoms with van der Waals surface area (Å²) >= 11 is 1.73. The fourth-order valence-electron chi connectivity index (χ4n) is 3.54. The Morgan fingerprint density at radius 1 is 1.30 bits per heavy atom. The van der Waals surface area contributed by atoms with Crippen LogP contribution in [0.15, 0.2) is 23.2 Å². The average Bonchev–Trinajstić information content (AvgIpc) is 2.80. The van der Waals surface area contributed by atoms with Crippen molar-refractivity contribution < 1.29 is 9.18 Å². The molecule has 1 heterocycles. The van der Waals surface area contributed by atoms with Crippen molar-refractivity contribution in [3.05, 3.63) is 29.6 Å². The summed E-state index contributed by atoms with van der Waals surface area (Å²) in [7, 11) is 2.01. The Hall–Kier alpha value is -1.27. The lowest BCUT2D eigenvalue weighted by Gasteiger charge is -2.21. The smallest absolute Gasteiger partial charge is 0.226 e. The molecular weight excluding hydrogens is 385 g/mol. The van der Waals surface area contributed by atoms with Crippen molar-refractivity contribution in [1.82, 2.24) is 4.90 Å². The highest BCUT2D eigenvalue weighted by Crippen LogP contribution is 2.28. The third kappa shape index (κ3) is 6.11. The number of anilines is 1. The van der Waals surface area contributed by atoms with Crippen LogP contribution in [0.1, 0.15) is 50.5 Å². The van der Waals surface area contributed by atoms with Crippen molar-refractivity contribution in [2.75, 3.05) is 18.1 Å². The molecule has 1 saturated heterocycles. The van der Waals surface area contributed by atoms with Gasteiger partial charge in [-0.1, -0.05) is 43.5 Å². The average molecular weight is 414 g/mol. The molecule has 27 heavy (non-hydrogen) atoms. The fourth-order valence-corrected chi connectivity index (χ4v) is 4.80. The van der Waals surface area contributed by atoms with Crippen molar-refractivity contribution in [3.63, 3.8) is 0 Å². The number of hydrogen-bond acceptors (Lipinski definition) is 3. The molecule has 1 aromatic carbocycles. The van der Waals surface area contributed by atoms with Crippen LogP contribution in [0.5, 0.6) is 0 Å². The van der Waals surface area contributed by atoms with Gasteiger partial charge >= 0.3 is 0 Å². The van der Waals surface area contributed by atoms with Crippen LogP contribution in [-0.4, -0.2) is 40.9 Å². The molecule has 1 unspecified atom stereocenters. The summed E-state index contributed by atoms with van der Waals surface area (Å²) in [6.07, 6.45) is 7.88. The molecule has 1 aromatic rings. The molecule has 0 radical (unpaired) electrons. The van der Waals surface area contributed by atoms with E-state index in [1.165, 1.54) is 44.6 Å². The van der Waals surface area contributed by atoms with E-state index in [4.69, 9.17) is 4.99 Å². The molecular formula is C20H29ClFN3OS. The number of aryl methyl sites for hydroxylation is 1. The SMILES string of the molecule is Cc1ccc(NC(=O)CC2CS/C(=N\C3CCCCCC3)N2C)c(F)c1.Cl. The molecule has 0 aromatic heterocycles. The van der Waals surface area contributed by atoms with E-state index in [1.54, 1.807) is 23.9 Å². The van der Waals surface area contributed by atoms with Gasteiger partial charge in [-0.3, -0.25) is 9.79 Å². The summed E-state index contributed by atoms with van der Waals surface area (Å²) in [5.74, 6) is 0.315. The van der Waals surface area contributed by atoms with Crippen molar-refractivity contribution in [2.45, 2.75) is 64.0 Å². The quantitative estimate of drug-likeness (QED) is 0.705. The topological polar surface area (TPSA) is 44.7 Å². The van der Waals surface area contributed by atoms with Crippen LogP contribution < -0.4 is 5.32 Å². The highest BCUT2D eigenvalue weighted by Gasteiger charge is 2.30. The minimum Gasteiger partial charge on any atom is -0.350 e. The number of hydrogen-bond donors (Lipinski definition) is 1. The summed E-state index contributed by atoms with van der Waals surface area (Å²) in [5, 5.41) is 3.75. The number of rotatable bonds is 4. The number of carbonyl (C=O) groups is 1. The molecule has 1 aliphatic carbocycles. The van der Waals surface area contributed by atoms with Gasteiger partial charge in [-0.25, -0.2) is 4.39 Å². The van der Waals surface area contributed by atoms with Crippen molar-refractivity contribution in [1.29, 1.82) is 0 Å². The lowest BCUT2D eigenvalue weighted by Crippen LogP contribution is -2.34. The zero-order valence-corrected chi connectivity index (χ0v) is 17.7. The molecule has 1 N–H and O–H groups in total. The third-order valence-electron chi connectivity index (χ3n) is 5.19. The molecule has 1 saturated carbocycles. The molecule has 0 bridgehead atoms. The maximum Gasteiger partial charge on any atom is 0.226 e. The van der Waals surface area contributed by atoms with E-state index in [9.17, 15) is 9.18 Å². The Morgan fingerprint density at radius 3 is 2.67 bits per heavy atom. The Labute approximate surface area is 171 Å². The largest absolute Gasteiger partial charge is 0.350 e. The maximum atomic E-state index is 13.9. The molecule has 150 valence electrons. The van der Waals surface area contributed by atoms with E-state index in [2.05, 4.69) is 10.2 Å². The number of nitrogens with one attached hydrogen (secondary N) is 1. The maximum absolute atomic E-state index is 13.9. The van der Waals surface area contributed by atoms with Crippen LogP contribution >= 0.6 is 24.2 Å². The van der Waals surface area contributed by atoms with E-state index < -0.39 is 0 Å². The van der Waals surface area contributed by atoms with E-state index in [0.29, 0.717) is 12.5 Å². The lowest BCUT2D eigenvalue weighted by molar-refractivity contribution is -0.116. The van der Waals surface area contributed by atoms with Gasteiger partial charge in [-0.2, -0.15) is 0 Å². The highest BCUT2D eigenvalue weighted by atomic mass is 35.5. The van der Waals surface area contributed by atoms with Crippen LogP contribution in [-0.2, 0) is 4.79 Å². The number of thioether (sulfide) groups is 1. The Kier molecular flexibility index (Phi) is 8.42. The van der Waals surface area contributed by atoms with Gasteiger partial charge < -0.3 is 10.2 Å². The highest BCUT2D eigenvalue weighted by molar-refractivity contribution is 8.14. The van der Waals surface area contributed by atoms with E-state index >= 15 is 0 Å². The van der Waals surface area contributed by atoms with Gasteiger partial charge in [0, 0.05) is 25.3 Å². The monoisotopic (exact) mass is 413 g/mol. The number of amidine groups is 1. The zero-order valence-electron chi connectivity index (χ0n) is 16.0. The van der Waals surface area contributed by atoms with Gasteiger partial charge in [0.15, 0.2) is 5.17 Å². The number of carbonyl (C=O) groups excluding carboxylic acids is 1. The van der Waals surface area contributed by atoms with Gasteiger partial charge in [0.25, 0.3) is 0 Å². The molecule has 1 aliphatic heterocycles. The molecule has 3 rings (SSSR count). The lowest BCUT2D eigenvalue weighted by atomic mass is 10.1. The summed E-state index contributed by atoms with van der Waals surface area (Å²) < 4.78 is 13.9. The van der Waals surface area contributed by atoms with Crippen LogP contribution in [0.4, 0.5) is 10.1 Å². The molecule has 7 heteroatoms. The second-order valence-corrected chi connectivity index (χ2v) is 8.36. The van der Waals surface area contributed by atoms with Crippen LogP contribution in [0.2, 0.25) is 0 Å². The summed E-state index contributed by atoms with van der Waals surface area (Å²) in [5.41, 5.74) is 1.09. The summed E-state index contributed by atoms with van der Waals surface area (Å²) in [4.78, 5) is 19.4. The number of amides is 1. The van der Waals surface area contributed by atoms with Gasteiger partial charge in [0.1, 0.15) is 5.82 Å². The molecule has 0 spiro atoms. The minimum atomic E-state index is -0.386. The first kappa shape index (κ1) is 22.0. The molecule has 2 fully saturated rings. The first-order valence-electron chi connectivity index (χ1n) is 9.52. The molecule has 1 amide bonds. The number of nitrogens with zero attached hydrogens (tertiary/aromatic N) is 2. The van der Waals surface area contributed by atoms with Crippen LogP contribution in [0, 0.1) is 12.7 Å². The number of aliphatic imine (C=N–C) groups is 1. The van der Waals surface area contributed by atoms with Gasteiger partial charge in [-0.05, 0) is 37.5 Å². The minimum absolute atomic E-state index is 0. The second kappa shape index (κ2) is 10.3. The van der Waals surface area contributed by atoms with E-state index in [1.807, 2.05) is 14.0 Å². The summed E-state index contributed by atoms with van der Waals surface area (Å²) in [6, 6.07) is 5.39. The Morgan fingerprint density at radius 2 is 2.00 bits per heavy atom. The molecule has 1 atom stereocenters. The number of halogens is 2. The normalized spacial score (nSPS) is 22.4. The summed E-state index contributed by atoms with van der Waals surface area (Å²) in [6.45, 7) is 1.83. The van der Waals surface area contributed by atoms with Crippen molar-refractivity contribution in [3.8, 4) is 0 Å². The molecule has 2 aliphatic rings. The Balaban J connectivity index is 0.00000261. The zero-order chi connectivity index (χ0) is 18.5. The predicted octanol–water partition coefficient (Wildman–Crippen LogP) is 5.01. The third-order valence-corrected chi connectivity index (χ3v) is 6.39. The van der Waals surface area contributed by atoms with E-state index in [0.717, 1.165) is 16.5 Å². The van der Waals surface area contributed by atoms with Gasteiger partial charge in [0.05, 0.1) is 11.7 Å². The standard InChI is InChI=1S/C20H28FN3OS.ClH/c1-14-9-10-18(17(21)11-14)23-19(25)12-16-13-26-20(24(16)2)22-15-7-5-3-4-6-8-15;/h9-11,15-16H,3-8,12-13H2,1-2H3,(H,23,25);1H/b22-20-;. The first-order valence-corrected chi connectivity index (χ1v) is 10.5. The van der Waals surface area contributed by atoms with Crippen molar-refractivity contribution in [2.24, 2.45) is 4.99 Å². The van der Waals surface area contributed by atoms with Crippen LogP contribution in [0.3, 0.4) is 0 Å². The molecule has 4 nitrogen and oxygen atoms in total. The fraction of sp³-hybridized carbons (Fsp3) is 0.600. The second-order valence-electron chi connectivity index (χ2n) is 7.37. The van der Waals surface area contributed by atoms with Gasteiger partial charge in [0.2, 0.25) is 5.91 Å². The van der Waals surface area contributed by atoms with E-state index in [-0.39, 0.29) is 35.9 Å². The van der Waals surface area contributed by atoms with Crippen molar-refractivity contribution >= 4 is 40.9 Å². The van der Waals surface area contributed by atoms with Gasteiger partial charge in [-0.15, -0.1) is 12.4 Å².